The Labute approximate surface area is 96.6 Å². The molecule has 16 heavy (non-hydrogen) atoms. The molecule has 1 aromatic rings. The summed E-state index contributed by atoms with van der Waals surface area (Å²) in [6.45, 7) is 8.83. The lowest BCUT2D eigenvalue weighted by Gasteiger charge is -2.18. The van der Waals surface area contributed by atoms with Crippen LogP contribution in [0.2, 0.25) is 0 Å². The van der Waals surface area contributed by atoms with Crippen LogP contribution < -0.4 is 0 Å². The number of carbonyl (C=O) groups is 1. The summed E-state index contributed by atoms with van der Waals surface area (Å²) >= 11 is 0. The van der Waals surface area contributed by atoms with E-state index < -0.39 is 0 Å². The molecule has 90 valence electrons. The lowest BCUT2D eigenvalue weighted by atomic mass is 10.1. The van der Waals surface area contributed by atoms with E-state index in [2.05, 4.69) is 5.10 Å². The molecule has 0 unspecified atom stereocenters. The molecule has 0 atom stereocenters. The minimum Gasteiger partial charge on any atom is -0.368 e. The maximum Gasteiger partial charge on any atom is 0.162 e. The molecule has 0 saturated heterocycles. The number of aryl methyl sites for hydroxylation is 1. The van der Waals surface area contributed by atoms with Gasteiger partial charge in [0.2, 0.25) is 0 Å². The third-order valence-electron chi connectivity index (χ3n) is 2.08. The zero-order chi connectivity index (χ0) is 12.2. The number of ketones is 1. The van der Waals surface area contributed by atoms with Crippen molar-refractivity contribution in [1.82, 2.24) is 9.78 Å². The third kappa shape index (κ3) is 4.57. The highest BCUT2D eigenvalue weighted by atomic mass is 16.5. The Hall–Kier alpha value is -1.16. The number of ether oxygens (including phenoxy) is 1. The van der Waals surface area contributed by atoms with Gasteiger partial charge in [-0.15, -0.1) is 0 Å². The van der Waals surface area contributed by atoms with Gasteiger partial charge in [0.15, 0.2) is 5.78 Å². The number of Topliss-reactive ketones (excluding diaryl/α,β-unsaturated/α-hetero) is 1. The van der Waals surface area contributed by atoms with E-state index >= 15 is 0 Å². The largest absolute Gasteiger partial charge is 0.368 e. The average Bonchev–Trinajstić information content (AvgIpc) is 2.61. The van der Waals surface area contributed by atoms with Crippen molar-refractivity contribution in [3.8, 4) is 0 Å². The third-order valence-corrected chi connectivity index (χ3v) is 2.08. The average molecular weight is 224 g/mol. The van der Waals surface area contributed by atoms with E-state index in [0.29, 0.717) is 6.42 Å². The molecule has 4 heteroatoms. The smallest absolute Gasteiger partial charge is 0.162 e. The maximum atomic E-state index is 11.6. The van der Waals surface area contributed by atoms with Gasteiger partial charge in [-0.2, -0.15) is 5.10 Å². The standard InChI is InChI=1S/C12H20N2O2/c1-5-14-8-10(7-13-14)6-11(15)9-16-12(2,3)4/h7-8H,5-6,9H2,1-4H3. The highest BCUT2D eigenvalue weighted by Crippen LogP contribution is 2.07. The van der Waals surface area contributed by atoms with Crippen LogP contribution in [0.4, 0.5) is 0 Å². The first-order chi connectivity index (χ1) is 7.40. The summed E-state index contributed by atoms with van der Waals surface area (Å²) in [5, 5.41) is 4.12. The molecular weight excluding hydrogens is 204 g/mol. The summed E-state index contributed by atoms with van der Waals surface area (Å²) < 4.78 is 7.23. The Bertz CT molecular complexity index is 350. The van der Waals surface area contributed by atoms with Gasteiger partial charge in [-0.25, -0.2) is 0 Å². The van der Waals surface area contributed by atoms with Crippen molar-refractivity contribution in [2.45, 2.75) is 46.3 Å². The molecule has 0 aliphatic rings. The van der Waals surface area contributed by atoms with E-state index in [1.165, 1.54) is 0 Å². The number of hydrogen-bond donors (Lipinski definition) is 0. The Morgan fingerprint density at radius 1 is 1.50 bits per heavy atom. The van der Waals surface area contributed by atoms with Gasteiger partial charge in [0.05, 0.1) is 11.8 Å². The van der Waals surface area contributed by atoms with E-state index in [-0.39, 0.29) is 18.0 Å². The van der Waals surface area contributed by atoms with Crippen molar-refractivity contribution in [2.24, 2.45) is 0 Å². The van der Waals surface area contributed by atoms with Gasteiger partial charge in [0, 0.05) is 19.2 Å². The predicted molar refractivity (Wildman–Crippen MR) is 62.3 cm³/mol. The first kappa shape index (κ1) is 12.9. The van der Waals surface area contributed by atoms with Crippen molar-refractivity contribution in [1.29, 1.82) is 0 Å². The quantitative estimate of drug-likeness (QED) is 0.766. The van der Waals surface area contributed by atoms with Crippen LogP contribution >= 0.6 is 0 Å². The van der Waals surface area contributed by atoms with Crippen molar-refractivity contribution >= 4 is 5.78 Å². The molecule has 0 radical (unpaired) electrons. The summed E-state index contributed by atoms with van der Waals surface area (Å²) in [5.41, 5.74) is 0.688. The molecule has 0 spiro atoms. The highest BCUT2D eigenvalue weighted by molar-refractivity contribution is 5.81. The van der Waals surface area contributed by atoms with Crippen LogP contribution in [0.25, 0.3) is 0 Å². The summed E-state index contributed by atoms with van der Waals surface area (Å²) in [4.78, 5) is 11.6. The van der Waals surface area contributed by atoms with Crippen molar-refractivity contribution < 1.29 is 9.53 Å². The molecule has 0 amide bonds. The van der Waals surface area contributed by atoms with Crippen LogP contribution in [-0.4, -0.2) is 27.8 Å². The Balaban J connectivity index is 2.40. The maximum absolute atomic E-state index is 11.6. The fraction of sp³-hybridized carbons (Fsp3) is 0.667. The molecule has 0 bridgehead atoms. The summed E-state index contributed by atoms with van der Waals surface area (Å²) in [5.74, 6) is 0.0885. The summed E-state index contributed by atoms with van der Waals surface area (Å²) in [6, 6.07) is 0. The molecular formula is C12H20N2O2. The van der Waals surface area contributed by atoms with Gasteiger partial charge in [0.25, 0.3) is 0 Å². The fourth-order valence-electron chi connectivity index (χ4n) is 1.25. The molecule has 0 aliphatic heterocycles. The van der Waals surface area contributed by atoms with Gasteiger partial charge in [0.1, 0.15) is 6.61 Å². The van der Waals surface area contributed by atoms with Crippen LogP contribution in [-0.2, 0) is 22.5 Å². The Kier molecular flexibility index (Phi) is 4.24. The van der Waals surface area contributed by atoms with Crippen molar-refractivity contribution in [2.75, 3.05) is 6.61 Å². The normalized spacial score (nSPS) is 11.8. The number of carbonyl (C=O) groups excluding carboxylic acids is 1. The van der Waals surface area contributed by atoms with E-state index in [0.717, 1.165) is 12.1 Å². The lowest BCUT2D eigenvalue weighted by molar-refractivity contribution is -0.127. The Morgan fingerprint density at radius 3 is 2.69 bits per heavy atom. The molecule has 0 fully saturated rings. The SMILES string of the molecule is CCn1cc(CC(=O)COC(C)(C)C)cn1. The van der Waals surface area contributed by atoms with Gasteiger partial charge in [-0.3, -0.25) is 9.48 Å². The second-order valence-electron chi connectivity index (χ2n) is 4.82. The van der Waals surface area contributed by atoms with Gasteiger partial charge in [-0.1, -0.05) is 0 Å². The molecule has 1 aromatic heterocycles. The second-order valence-corrected chi connectivity index (χ2v) is 4.82. The minimum atomic E-state index is -0.261. The highest BCUT2D eigenvalue weighted by Gasteiger charge is 2.13. The molecule has 1 heterocycles. The molecule has 0 saturated carbocycles. The van der Waals surface area contributed by atoms with Gasteiger partial charge < -0.3 is 4.74 Å². The number of nitrogens with zero attached hydrogens (tertiary/aromatic N) is 2. The Morgan fingerprint density at radius 2 is 2.19 bits per heavy atom. The molecule has 0 aromatic carbocycles. The zero-order valence-corrected chi connectivity index (χ0v) is 10.5. The lowest BCUT2D eigenvalue weighted by Crippen LogP contribution is -2.24. The van der Waals surface area contributed by atoms with E-state index in [1.54, 1.807) is 6.20 Å². The molecule has 4 nitrogen and oxygen atoms in total. The van der Waals surface area contributed by atoms with Gasteiger partial charge >= 0.3 is 0 Å². The minimum absolute atomic E-state index is 0.0885. The fourth-order valence-corrected chi connectivity index (χ4v) is 1.25. The molecule has 0 N–H and O–H groups in total. The van der Waals surface area contributed by atoms with E-state index in [4.69, 9.17) is 4.74 Å². The van der Waals surface area contributed by atoms with Crippen LogP contribution in [0.3, 0.4) is 0 Å². The van der Waals surface area contributed by atoms with Crippen LogP contribution in [0.15, 0.2) is 12.4 Å². The van der Waals surface area contributed by atoms with E-state index in [9.17, 15) is 4.79 Å². The number of aromatic nitrogens is 2. The first-order valence-corrected chi connectivity index (χ1v) is 5.57. The molecule has 1 rings (SSSR count). The molecule has 0 aliphatic carbocycles. The van der Waals surface area contributed by atoms with Crippen LogP contribution in [0, 0.1) is 0 Å². The van der Waals surface area contributed by atoms with Gasteiger partial charge in [-0.05, 0) is 33.3 Å². The monoisotopic (exact) mass is 224 g/mol. The zero-order valence-electron chi connectivity index (χ0n) is 10.5. The van der Waals surface area contributed by atoms with E-state index in [1.807, 2.05) is 38.6 Å². The number of rotatable bonds is 5. The van der Waals surface area contributed by atoms with Crippen molar-refractivity contribution in [3.63, 3.8) is 0 Å². The van der Waals surface area contributed by atoms with Crippen molar-refractivity contribution in [3.05, 3.63) is 18.0 Å². The topological polar surface area (TPSA) is 44.1 Å². The summed E-state index contributed by atoms with van der Waals surface area (Å²) in [6.07, 6.45) is 4.03. The number of hydrogen-bond acceptors (Lipinski definition) is 3. The summed E-state index contributed by atoms with van der Waals surface area (Å²) in [7, 11) is 0. The second kappa shape index (κ2) is 5.25. The van der Waals surface area contributed by atoms with Crippen LogP contribution in [0.5, 0.6) is 0 Å². The predicted octanol–water partition coefficient (Wildman–Crippen LogP) is 1.83. The first-order valence-electron chi connectivity index (χ1n) is 5.57. The van der Waals surface area contributed by atoms with Crippen LogP contribution in [0.1, 0.15) is 33.3 Å².